The normalized spacial score (nSPS) is 10.5. The standard InChI is InChI=1S/C20H25N3O5S/c1-4-27-18(25)14-5-7-15(8-6-14)22-17(24)11-28-19(26)16-12-29-20(23-16)21-10-9-13(2)3/h5-8,12-13H,4,9-11H2,1-3H3,(H,21,23)(H,22,24). The maximum atomic E-state index is 12.0. The maximum absolute atomic E-state index is 12.0. The molecule has 2 N–H and O–H groups in total. The first kappa shape index (κ1) is 22.4. The first-order valence-corrected chi connectivity index (χ1v) is 10.2. The summed E-state index contributed by atoms with van der Waals surface area (Å²) in [5.41, 5.74) is 1.02. The molecule has 8 nitrogen and oxygen atoms in total. The Morgan fingerprint density at radius 2 is 1.83 bits per heavy atom. The van der Waals surface area contributed by atoms with Crippen LogP contribution in [0.25, 0.3) is 0 Å². The van der Waals surface area contributed by atoms with Crippen LogP contribution in [-0.2, 0) is 14.3 Å². The largest absolute Gasteiger partial charge is 0.462 e. The summed E-state index contributed by atoms with van der Waals surface area (Å²) in [7, 11) is 0. The summed E-state index contributed by atoms with van der Waals surface area (Å²) in [6, 6.07) is 6.23. The topological polar surface area (TPSA) is 107 Å². The van der Waals surface area contributed by atoms with Gasteiger partial charge in [-0.15, -0.1) is 11.3 Å². The van der Waals surface area contributed by atoms with Gasteiger partial charge >= 0.3 is 11.9 Å². The van der Waals surface area contributed by atoms with Gasteiger partial charge in [0, 0.05) is 17.6 Å². The van der Waals surface area contributed by atoms with E-state index in [1.807, 2.05) is 0 Å². The van der Waals surface area contributed by atoms with Crippen molar-refractivity contribution in [2.75, 3.05) is 30.4 Å². The molecule has 0 fully saturated rings. The molecule has 0 aliphatic rings. The van der Waals surface area contributed by atoms with Crippen LogP contribution in [0.2, 0.25) is 0 Å². The molecule has 9 heteroatoms. The molecule has 0 saturated carbocycles. The third-order valence-corrected chi connectivity index (χ3v) is 4.53. The van der Waals surface area contributed by atoms with Crippen molar-refractivity contribution in [1.29, 1.82) is 0 Å². The van der Waals surface area contributed by atoms with Crippen molar-refractivity contribution in [3.63, 3.8) is 0 Å². The quantitative estimate of drug-likeness (QED) is 0.567. The van der Waals surface area contributed by atoms with Gasteiger partial charge in [-0.05, 0) is 43.5 Å². The number of hydrogen-bond acceptors (Lipinski definition) is 8. The van der Waals surface area contributed by atoms with Crippen LogP contribution in [0.15, 0.2) is 29.6 Å². The van der Waals surface area contributed by atoms with Gasteiger partial charge in [-0.1, -0.05) is 13.8 Å². The van der Waals surface area contributed by atoms with Gasteiger partial charge in [0.15, 0.2) is 17.4 Å². The fourth-order valence-corrected chi connectivity index (χ4v) is 2.93. The number of carbonyl (C=O) groups is 3. The molecule has 0 aliphatic heterocycles. The highest BCUT2D eigenvalue weighted by Crippen LogP contribution is 2.17. The Balaban J connectivity index is 1.78. The lowest BCUT2D eigenvalue weighted by Crippen LogP contribution is -2.21. The second kappa shape index (κ2) is 11.2. The van der Waals surface area contributed by atoms with Gasteiger partial charge in [0.25, 0.3) is 5.91 Å². The van der Waals surface area contributed by atoms with Crippen molar-refractivity contribution >= 4 is 40.0 Å². The van der Waals surface area contributed by atoms with Crippen molar-refractivity contribution in [3.8, 4) is 0 Å². The predicted molar refractivity (Wildman–Crippen MR) is 111 cm³/mol. The number of anilines is 2. The van der Waals surface area contributed by atoms with Crippen molar-refractivity contribution in [2.24, 2.45) is 5.92 Å². The number of thiazole rings is 1. The van der Waals surface area contributed by atoms with Crippen LogP contribution in [-0.4, -0.2) is 42.6 Å². The number of rotatable bonds is 10. The van der Waals surface area contributed by atoms with E-state index < -0.39 is 24.5 Å². The SMILES string of the molecule is CCOC(=O)c1ccc(NC(=O)COC(=O)c2csc(NCCC(C)C)n2)cc1. The lowest BCUT2D eigenvalue weighted by Gasteiger charge is -2.07. The maximum Gasteiger partial charge on any atom is 0.358 e. The molecule has 1 aromatic carbocycles. The summed E-state index contributed by atoms with van der Waals surface area (Å²) in [5, 5.41) is 7.98. The molecular weight excluding hydrogens is 394 g/mol. The van der Waals surface area contributed by atoms with Crippen LogP contribution in [0.3, 0.4) is 0 Å². The van der Waals surface area contributed by atoms with Crippen molar-refractivity contribution < 1.29 is 23.9 Å². The van der Waals surface area contributed by atoms with E-state index in [9.17, 15) is 14.4 Å². The second-order valence-corrected chi connectivity index (χ2v) is 7.43. The molecule has 156 valence electrons. The molecular formula is C20H25N3O5S. The van der Waals surface area contributed by atoms with Gasteiger partial charge in [-0.3, -0.25) is 4.79 Å². The Morgan fingerprint density at radius 1 is 1.10 bits per heavy atom. The van der Waals surface area contributed by atoms with Gasteiger partial charge in [0.05, 0.1) is 12.2 Å². The molecule has 1 heterocycles. The van der Waals surface area contributed by atoms with Crippen molar-refractivity contribution in [1.82, 2.24) is 4.98 Å². The average molecular weight is 420 g/mol. The zero-order chi connectivity index (χ0) is 21.2. The summed E-state index contributed by atoms with van der Waals surface area (Å²) in [6.45, 7) is 6.61. The molecule has 0 saturated heterocycles. The first-order valence-electron chi connectivity index (χ1n) is 9.32. The number of benzene rings is 1. The number of nitrogens with one attached hydrogen (secondary N) is 2. The summed E-state index contributed by atoms with van der Waals surface area (Å²) in [4.78, 5) is 39.8. The lowest BCUT2D eigenvalue weighted by atomic mass is 10.1. The Hall–Kier alpha value is -2.94. The minimum absolute atomic E-state index is 0.161. The van der Waals surface area contributed by atoms with Crippen LogP contribution in [0, 0.1) is 5.92 Å². The third-order valence-electron chi connectivity index (χ3n) is 3.73. The fourth-order valence-electron chi connectivity index (χ4n) is 2.22. The minimum atomic E-state index is -0.661. The highest BCUT2D eigenvalue weighted by atomic mass is 32.1. The van der Waals surface area contributed by atoms with Crippen molar-refractivity contribution in [3.05, 3.63) is 40.9 Å². The number of aromatic nitrogens is 1. The van der Waals surface area contributed by atoms with Gasteiger partial charge in [-0.25, -0.2) is 14.6 Å². The van der Waals surface area contributed by atoms with Crippen LogP contribution < -0.4 is 10.6 Å². The summed E-state index contributed by atoms with van der Waals surface area (Å²) in [5.74, 6) is -1.01. The number of amides is 1. The average Bonchev–Trinajstić information content (AvgIpc) is 3.15. The highest BCUT2D eigenvalue weighted by molar-refractivity contribution is 7.13. The summed E-state index contributed by atoms with van der Waals surface area (Å²) >= 11 is 1.31. The van der Waals surface area contributed by atoms with E-state index in [0.717, 1.165) is 13.0 Å². The van der Waals surface area contributed by atoms with Crippen molar-refractivity contribution in [2.45, 2.75) is 27.2 Å². The highest BCUT2D eigenvalue weighted by Gasteiger charge is 2.14. The molecule has 2 rings (SSSR count). The monoisotopic (exact) mass is 419 g/mol. The Labute approximate surface area is 173 Å². The third kappa shape index (κ3) is 7.53. The van der Waals surface area contributed by atoms with E-state index in [2.05, 4.69) is 29.5 Å². The molecule has 2 aromatic rings. The Bertz CT molecular complexity index is 833. The number of esters is 2. The minimum Gasteiger partial charge on any atom is -0.462 e. The summed E-state index contributed by atoms with van der Waals surface area (Å²) in [6.07, 6.45) is 1.00. The zero-order valence-electron chi connectivity index (χ0n) is 16.7. The van der Waals surface area contributed by atoms with E-state index in [1.54, 1.807) is 36.6 Å². The number of carbonyl (C=O) groups excluding carboxylic acids is 3. The molecule has 0 atom stereocenters. The van der Waals surface area contributed by atoms with Crippen LogP contribution >= 0.6 is 11.3 Å². The van der Waals surface area contributed by atoms with Gasteiger partial charge in [0.2, 0.25) is 0 Å². The fraction of sp³-hybridized carbons (Fsp3) is 0.400. The first-order chi connectivity index (χ1) is 13.9. The molecule has 1 aromatic heterocycles. The number of nitrogens with zero attached hydrogens (tertiary/aromatic N) is 1. The van der Waals surface area contributed by atoms with E-state index in [-0.39, 0.29) is 12.3 Å². The Morgan fingerprint density at radius 3 is 2.48 bits per heavy atom. The lowest BCUT2D eigenvalue weighted by molar-refractivity contribution is -0.119. The molecule has 0 radical (unpaired) electrons. The molecule has 29 heavy (non-hydrogen) atoms. The molecule has 0 spiro atoms. The van der Waals surface area contributed by atoms with Crippen LogP contribution in [0.4, 0.5) is 10.8 Å². The van der Waals surface area contributed by atoms with E-state index in [4.69, 9.17) is 9.47 Å². The molecule has 0 bridgehead atoms. The zero-order valence-corrected chi connectivity index (χ0v) is 17.5. The molecule has 0 aliphatic carbocycles. The predicted octanol–water partition coefficient (Wildman–Crippen LogP) is 3.57. The van der Waals surface area contributed by atoms with Gasteiger partial charge in [-0.2, -0.15) is 0 Å². The van der Waals surface area contributed by atoms with Gasteiger partial charge < -0.3 is 20.1 Å². The van der Waals surface area contributed by atoms with Crippen LogP contribution in [0.5, 0.6) is 0 Å². The summed E-state index contributed by atoms with van der Waals surface area (Å²) < 4.78 is 9.90. The second-order valence-electron chi connectivity index (χ2n) is 6.57. The molecule has 1 amide bonds. The smallest absolute Gasteiger partial charge is 0.358 e. The van der Waals surface area contributed by atoms with Crippen LogP contribution in [0.1, 0.15) is 48.0 Å². The van der Waals surface area contributed by atoms with E-state index in [0.29, 0.717) is 22.3 Å². The molecule has 0 unspecified atom stereocenters. The van der Waals surface area contributed by atoms with E-state index >= 15 is 0 Å². The Kier molecular flexibility index (Phi) is 8.60. The number of ether oxygens (including phenoxy) is 2. The van der Waals surface area contributed by atoms with E-state index in [1.165, 1.54) is 11.3 Å². The number of hydrogen-bond donors (Lipinski definition) is 2. The van der Waals surface area contributed by atoms with Gasteiger partial charge in [0.1, 0.15) is 0 Å².